The summed E-state index contributed by atoms with van der Waals surface area (Å²) in [7, 11) is -0.647. The summed E-state index contributed by atoms with van der Waals surface area (Å²) in [4.78, 5) is 17.6. The van der Waals surface area contributed by atoms with Crippen LogP contribution < -0.4 is 0 Å². The molecule has 0 radical (unpaired) electrons. The van der Waals surface area contributed by atoms with Crippen molar-refractivity contribution in [2.75, 3.05) is 14.1 Å². The van der Waals surface area contributed by atoms with Crippen molar-refractivity contribution in [2.45, 2.75) is 17.7 Å². The minimum absolute atomic E-state index is 0.119. The molecular formula is C18H18N2O4S2. The zero-order chi connectivity index (χ0) is 18.7. The molecule has 0 bridgehead atoms. The van der Waals surface area contributed by atoms with Gasteiger partial charge in [0.1, 0.15) is 5.70 Å². The molecule has 8 heteroatoms. The second-order valence-electron chi connectivity index (χ2n) is 5.83. The molecule has 136 valence electrons. The van der Waals surface area contributed by atoms with Crippen LogP contribution in [0.1, 0.15) is 16.9 Å². The summed E-state index contributed by atoms with van der Waals surface area (Å²) in [6.07, 6.45) is 3.25. The smallest absolute Gasteiger partial charge is 0.363 e. The minimum Gasteiger partial charge on any atom is -0.402 e. The molecule has 2 heterocycles. The Kier molecular flexibility index (Phi) is 5.36. The number of carbonyl (C=O) groups excluding carboxylic acids is 1. The SMILES string of the molecule is CN(C)S(=O)(=O)c1cccc(C2=N/C(=C/CCc3cccs3)C(=O)O2)c1. The van der Waals surface area contributed by atoms with Gasteiger partial charge >= 0.3 is 5.97 Å². The summed E-state index contributed by atoms with van der Waals surface area (Å²) in [5.41, 5.74) is 0.695. The Balaban J connectivity index is 1.80. The molecule has 0 N–H and O–H groups in total. The van der Waals surface area contributed by atoms with Gasteiger partial charge in [0, 0.05) is 24.5 Å². The maximum atomic E-state index is 12.2. The number of thiophene rings is 1. The number of benzene rings is 1. The average molecular weight is 390 g/mol. The number of rotatable bonds is 6. The number of sulfonamides is 1. The van der Waals surface area contributed by atoms with Crippen molar-refractivity contribution in [1.29, 1.82) is 0 Å². The lowest BCUT2D eigenvalue weighted by Crippen LogP contribution is -2.22. The minimum atomic E-state index is -3.57. The Labute approximate surface area is 156 Å². The van der Waals surface area contributed by atoms with E-state index in [-0.39, 0.29) is 16.5 Å². The van der Waals surface area contributed by atoms with Gasteiger partial charge in [0.25, 0.3) is 0 Å². The molecule has 0 aliphatic carbocycles. The number of aryl methyl sites for hydroxylation is 1. The fraction of sp³-hybridized carbons (Fsp3) is 0.222. The van der Waals surface area contributed by atoms with E-state index in [1.54, 1.807) is 29.5 Å². The fourth-order valence-corrected chi connectivity index (χ4v) is 4.05. The maximum absolute atomic E-state index is 12.2. The van der Waals surface area contributed by atoms with E-state index >= 15 is 0 Å². The highest BCUT2D eigenvalue weighted by Gasteiger charge is 2.25. The number of hydrogen-bond donors (Lipinski definition) is 0. The molecule has 0 spiro atoms. The molecule has 1 aliphatic heterocycles. The third-order valence-electron chi connectivity index (χ3n) is 3.79. The number of nitrogens with zero attached hydrogens (tertiary/aromatic N) is 2. The van der Waals surface area contributed by atoms with Gasteiger partial charge in [-0.15, -0.1) is 11.3 Å². The lowest BCUT2D eigenvalue weighted by molar-refractivity contribution is -0.130. The van der Waals surface area contributed by atoms with Crippen molar-refractivity contribution in [3.05, 3.63) is 64.0 Å². The van der Waals surface area contributed by atoms with Crippen LogP contribution in [0.15, 0.2) is 63.4 Å². The summed E-state index contributed by atoms with van der Waals surface area (Å²) >= 11 is 1.67. The lowest BCUT2D eigenvalue weighted by Gasteiger charge is -2.11. The van der Waals surface area contributed by atoms with Crippen molar-refractivity contribution < 1.29 is 17.9 Å². The van der Waals surface area contributed by atoms with Crippen molar-refractivity contribution in [2.24, 2.45) is 4.99 Å². The highest BCUT2D eigenvalue weighted by molar-refractivity contribution is 7.89. The van der Waals surface area contributed by atoms with Crippen LogP contribution >= 0.6 is 11.3 Å². The van der Waals surface area contributed by atoms with Gasteiger partial charge in [-0.1, -0.05) is 18.2 Å². The van der Waals surface area contributed by atoms with Gasteiger partial charge < -0.3 is 4.74 Å². The second kappa shape index (κ2) is 7.53. The van der Waals surface area contributed by atoms with E-state index in [0.29, 0.717) is 12.0 Å². The van der Waals surface area contributed by atoms with Gasteiger partial charge in [0.05, 0.1) is 4.90 Å². The quantitative estimate of drug-likeness (QED) is 0.561. The highest BCUT2D eigenvalue weighted by atomic mass is 32.2. The number of hydrogen-bond acceptors (Lipinski definition) is 6. The molecular weight excluding hydrogens is 372 g/mol. The van der Waals surface area contributed by atoms with Crippen molar-refractivity contribution in [3.8, 4) is 0 Å². The van der Waals surface area contributed by atoms with Crippen LogP contribution in [-0.4, -0.2) is 38.7 Å². The molecule has 1 aliphatic rings. The molecule has 2 aromatic rings. The molecule has 1 aromatic heterocycles. The van der Waals surface area contributed by atoms with Crippen LogP contribution in [0.25, 0.3) is 0 Å². The average Bonchev–Trinajstić information content (AvgIpc) is 3.25. The Morgan fingerprint density at radius 1 is 1.23 bits per heavy atom. The van der Waals surface area contributed by atoms with Gasteiger partial charge in [0.15, 0.2) is 0 Å². The predicted molar refractivity (Wildman–Crippen MR) is 101 cm³/mol. The maximum Gasteiger partial charge on any atom is 0.363 e. The van der Waals surface area contributed by atoms with Gasteiger partial charge in [-0.2, -0.15) is 0 Å². The van der Waals surface area contributed by atoms with Gasteiger partial charge in [0.2, 0.25) is 15.9 Å². The molecule has 0 atom stereocenters. The molecule has 0 saturated heterocycles. The first-order chi connectivity index (χ1) is 12.4. The third-order valence-corrected chi connectivity index (χ3v) is 6.54. The van der Waals surface area contributed by atoms with Crippen LogP contribution in [0.5, 0.6) is 0 Å². The zero-order valence-corrected chi connectivity index (χ0v) is 16.0. The van der Waals surface area contributed by atoms with E-state index in [4.69, 9.17) is 4.74 Å². The van der Waals surface area contributed by atoms with Gasteiger partial charge in [-0.05, 0) is 42.5 Å². The molecule has 1 aromatic carbocycles. The van der Waals surface area contributed by atoms with Gasteiger partial charge in [-0.3, -0.25) is 0 Å². The number of allylic oxidation sites excluding steroid dienone is 1. The van der Waals surface area contributed by atoms with Crippen LogP contribution in [-0.2, 0) is 26.0 Å². The molecule has 26 heavy (non-hydrogen) atoms. The fourth-order valence-electron chi connectivity index (χ4n) is 2.38. The third kappa shape index (κ3) is 3.92. The normalized spacial score (nSPS) is 16.2. The second-order valence-corrected chi connectivity index (χ2v) is 9.01. The molecule has 0 unspecified atom stereocenters. The summed E-state index contributed by atoms with van der Waals surface area (Å²) in [5.74, 6) is -0.403. The van der Waals surface area contributed by atoms with E-state index in [1.165, 1.54) is 31.1 Å². The summed E-state index contributed by atoms with van der Waals surface area (Å²) < 4.78 is 30.8. The first kappa shape index (κ1) is 18.5. The number of esters is 1. The lowest BCUT2D eigenvalue weighted by atomic mass is 10.2. The van der Waals surface area contributed by atoms with E-state index in [2.05, 4.69) is 4.99 Å². The summed E-state index contributed by atoms with van der Waals surface area (Å²) in [6, 6.07) is 10.2. The van der Waals surface area contributed by atoms with Crippen LogP contribution in [0.3, 0.4) is 0 Å². The molecule has 3 rings (SSSR count). The van der Waals surface area contributed by atoms with E-state index in [9.17, 15) is 13.2 Å². The zero-order valence-electron chi connectivity index (χ0n) is 14.4. The predicted octanol–water partition coefficient (Wildman–Crippen LogP) is 2.82. The standard InChI is InChI=1S/C18H18N2O4S2/c1-20(2)26(22,23)15-9-3-6-13(12-15)17-19-16(18(21)24-17)10-4-7-14-8-5-11-25-14/h3,5-6,8-12H,4,7H2,1-2H3/b16-10+. The first-order valence-electron chi connectivity index (χ1n) is 7.94. The Morgan fingerprint density at radius 2 is 2.04 bits per heavy atom. The molecule has 0 fully saturated rings. The Bertz CT molecular complexity index is 974. The summed E-state index contributed by atoms with van der Waals surface area (Å²) in [6.45, 7) is 0. The number of cyclic esters (lactones) is 1. The Hall–Kier alpha value is -2.29. The van der Waals surface area contributed by atoms with E-state index in [0.717, 1.165) is 10.7 Å². The first-order valence-corrected chi connectivity index (χ1v) is 10.3. The Morgan fingerprint density at radius 3 is 2.73 bits per heavy atom. The largest absolute Gasteiger partial charge is 0.402 e. The number of ether oxygens (including phenoxy) is 1. The van der Waals surface area contributed by atoms with Crippen LogP contribution in [0.4, 0.5) is 0 Å². The van der Waals surface area contributed by atoms with Crippen molar-refractivity contribution in [3.63, 3.8) is 0 Å². The molecule has 0 saturated carbocycles. The van der Waals surface area contributed by atoms with Crippen molar-refractivity contribution in [1.82, 2.24) is 4.31 Å². The van der Waals surface area contributed by atoms with Crippen LogP contribution in [0.2, 0.25) is 0 Å². The number of carbonyl (C=O) groups is 1. The molecule has 0 amide bonds. The number of aliphatic imine (C=N–C) groups is 1. The van der Waals surface area contributed by atoms with E-state index < -0.39 is 16.0 Å². The van der Waals surface area contributed by atoms with Crippen molar-refractivity contribution >= 4 is 33.2 Å². The summed E-state index contributed by atoms with van der Waals surface area (Å²) in [5, 5.41) is 2.01. The monoisotopic (exact) mass is 390 g/mol. The topological polar surface area (TPSA) is 76.0 Å². The van der Waals surface area contributed by atoms with E-state index in [1.807, 2.05) is 17.5 Å². The molecule has 6 nitrogen and oxygen atoms in total. The highest BCUT2D eigenvalue weighted by Crippen LogP contribution is 2.21. The van der Waals surface area contributed by atoms with Gasteiger partial charge in [-0.25, -0.2) is 22.5 Å². The van der Waals surface area contributed by atoms with Crippen LogP contribution in [0, 0.1) is 0 Å².